The van der Waals surface area contributed by atoms with E-state index in [1.165, 1.54) is 0 Å². The van der Waals surface area contributed by atoms with Crippen molar-refractivity contribution in [3.63, 3.8) is 0 Å². The van der Waals surface area contributed by atoms with E-state index in [0.29, 0.717) is 16.9 Å². The van der Waals surface area contributed by atoms with Crippen molar-refractivity contribution in [1.82, 2.24) is 5.01 Å². The molecule has 0 radical (unpaired) electrons. The molecule has 2 aliphatic heterocycles. The molecule has 1 saturated heterocycles. The van der Waals surface area contributed by atoms with Gasteiger partial charge in [-0.05, 0) is 32.8 Å². The smallest absolute Gasteiger partial charge is 0.171 e. The van der Waals surface area contributed by atoms with Gasteiger partial charge in [-0.25, -0.2) is 0 Å². The molecule has 0 amide bonds. The van der Waals surface area contributed by atoms with E-state index >= 15 is 0 Å². The van der Waals surface area contributed by atoms with Crippen LogP contribution in [0.2, 0.25) is 0 Å². The zero-order chi connectivity index (χ0) is 11.7. The molecule has 16 heavy (non-hydrogen) atoms. The fourth-order valence-corrected chi connectivity index (χ4v) is 2.51. The number of hydrogen-bond acceptors (Lipinski definition) is 4. The van der Waals surface area contributed by atoms with Gasteiger partial charge in [0.05, 0.1) is 30.5 Å². The first-order chi connectivity index (χ1) is 7.56. The molecule has 4 nitrogen and oxygen atoms in total. The van der Waals surface area contributed by atoms with Crippen LogP contribution in [0, 0.1) is 0 Å². The van der Waals surface area contributed by atoms with Gasteiger partial charge in [0.1, 0.15) is 0 Å². The molecule has 0 aliphatic carbocycles. The SMILES string of the molecule is CC1CC(N2CC=C(N)C(Cl)=N2)CC(C)O1. The Morgan fingerprint density at radius 2 is 2.06 bits per heavy atom. The molecule has 1 fully saturated rings. The number of nitrogens with zero attached hydrogens (tertiary/aromatic N) is 2. The molecule has 2 atom stereocenters. The summed E-state index contributed by atoms with van der Waals surface area (Å²) in [4.78, 5) is 0. The number of halogens is 1. The molecule has 5 heteroatoms. The minimum Gasteiger partial charge on any atom is -0.396 e. The van der Waals surface area contributed by atoms with Crippen LogP contribution in [0.5, 0.6) is 0 Å². The Labute approximate surface area is 101 Å². The summed E-state index contributed by atoms with van der Waals surface area (Å²) >= 11 is 5.94. The van der Waals surface area contributed by atoms with Crippen LogP contribution in [-0.2, 0) is 4.74 Å². The van der Waals surface area contributed by atoms with Crippen molar-refractivity contribution in [2.75, 3.05) is 6.54 Å². The number of allylic oxidation sites excluding steroid dienone is 1. The van der Waals surface area contributed by atoms with Crippen LogP contribution in [0.25, 0.3) is 0 Å². The van der Waals surface area contributed by atoms with Crippen LogP contribution < -0.4 is 5.73 Å². The molecule has 0 bridgehead atoms. The van der Waals surface area contributed by atoms with Gasteiger partial charge in [0.15, 0.2) is 5.17 Å². The minimum atomic E-state index is 0.283. The summed E-state index contributed by atoms with van der Waals surface area (Å²) in [5, 5.41) is 6.75. The lowest BCUT2D eigenvalue weighted by atomic mass is 9.99. The van der Waals surface area contributed by atoms with Crippen molar-refractivity contribution in [1.29, 1.82) is 0 Å². The van der Waals surface area contributed by atoms with Gasteiger partial charge in [-0.2, -0.15) is 5.10 Å². The zero-order valence-corrected chi connectivity index (χ0v) is 10.4. The van der Waals surface area contributed by atoms with Gasteiger partial charge in [0.25, 0.3) is 0 Å². The molecule has 0 aromatic heterocycles. The molecular formula is C11H18ClN3O. The molecule has 2 unspecified atom stereocenters. The van der Waals surface area contributed by atoms with E-state index in [2.05, 4.69) is 18.9 Å². The van der Waals surface area contributed by atoms with Gasteiger partial charge in [-0.3, -0.25) is 5.01 Å². The third kappa shape index (κ3) is 2.50. The lowest BCUT2D eigenvalue weighted by molar-refractivity contribution is -0.0634. The highest BCUT2D eigenvalue weighted by molar-refractivity contribution is 6.69. The highest BCUT2D eigenvalue weighted by atomic mass is 35.5. The first kappa shape index (κ1) is 11.7. The first-order valence-electron chi connectivity index (χ1n) is 5.68. The van der Waals surface area contributed by atoms with Crippen molar-refractivity contribution < 1.29 is 4.74 Å². The van der Waals surface area contributed by atoms with E-state index in [9.17, 15) is 0 Å². The molecule has 2 rings (SSSR count). The van der Waals surface area contributed by atoms with E-state index in [0.717, 1.165) is 19.4 Å². The Hall–Kier alpha value is -0.740. The van der Waals surface area contributed by atoms with E-state index in [1.54, 1.807) is 0 Å². The molecule has 0 saturated carbocycles. The molecule has 2 N–H and O–H groups in total. The van der Waals surface area contributed by atoms with Gasteiger partial charge < -0.3 is 10.5 Å². The summed E-state index contributed by atoms with van der Waals surface area (Å²) < 4.78 is 5.71. The van der Waals surface area contributed by atoms with Gasteiger partial charge in [0.2, 0.25) is 0 Å². The molecule has 0 aromatic rings. The maximum atomic E-state index is 5.94. The summed E-state index contributed by atoms with van der Waals surface area (Å²) in [5.41, 5.74) is 6.25. The molecule has 90 valence electrons. The number of ether oxygens (including phenoxy) is 1. The van der Waals surface area contributed by atoms with Crippen molar-refractivity contribution in [2.24, 2.45) is 10.8 Å². The van der Waals surface area contributed by atoms with Crippen molar-refractivity contribution in [2.45, 2.75) is 44.9 Å². The van der Waals surface area contributed by atoms with Crippen LogP contribution >= 0.6 is 11.6 Å². The highest BCUT2D eigenvalue weighted by Crippen LogP contribution is 2.25. The number of rotatable bonds is 1. The van der Waals surface area contributed by atoms with E-state index < -0.39 is 0 Å². The Balaban J connectivity index is 2.03. The highest BCUT2D eigenvalue weighted by Gasteiger charge is 2.29. The third-order valence-electron chi connectivity index (χ3n) is 3.05. The van der Waals surface area contributed by atoms with Crippen LogP contribution in [0.3, 0.4) is 0 Å². The van der Waals surface area contributed by atoms with Crippen molar-refractivity contribution in [3.05, 3.63) is 11.8 Å². The summed E-state index contributed by atoms with van der Waals surface area (Å²) in [7, 11) is 0. The molecular weight excluding hydrogens is 226 g/mol. The van der Waals surface area contributed by atoms with Crippen molar-refractivity contribution in [3.8, 4) is 0 Å². The average Bonchev–Trinajstić information content (AvgIpc) is 2.20. The number of nitrogens with two attached hydrogens (primary N) is 1. The minimum absolute atomic E-state index is 0.283. The third-order valence-corrected chi connectivity index (χ3v) is 3.34. The molecule has 0 spiro atoms. The molecule has 2 aliphatic rings. The summed E-state index contributed by atoms with van der Waals surface area (Å²) in [6.07, 6.45) is 4.47. The second-order valence-corrected chi connectivity index (χ2v) is 4.91. The predicted molar refractivity (Wildman–Crippen MR) is 65.3 cm³/mol. The van der Waals surface area contributed by atoms with Gasteiger partial charge in [-0.15, -0.1) is 0 Å². The summed E-state index contributed by atoms with van der Waals surface area (Å²) in [5.74, 6) is 0. The van der Waals surface area contributed by atoms with Gasteiger partial charge in [0, 0.05) is 0 Å². The topological polar surface area (TPSA) is 50.8 Å². The van der Waals surface area contributed by atoms with Crippen LogP contribution in [-0.4, -0.2) is 35.0 Å². The lowest BCUT2D eigenvalue weighted by Crippen LogP contribution is -2.43. The Kier molecular flexibility index (Phi) is 3.40. The van der Waals surface area contributed by atoms with E-state index in [1.807, 2.05) is 11.1 Å². The monoisotopic (exact) mass is 243 g/mol. The fraction of sp³-hybridized carbons (Fsp3) is 0.727. The first-order valence-corrected chi connectivity index (χ1v) is 6.06. The van der Waals surface area contributed by atoms with Crippen LogP contribution in [0.15, 0.2) is 16.9 Å². The number of hydrogen-bond donors (Lipinski definition) is 1. The standard InChI is InChI=1S/C11H18ClN3O/c1-7-5-9(6-8(2)16-7)15-4-3-10(13)11(12)14-15/h3,7-9H,4-6,13H2,1-2H3. The second-order valence-electron chi connectivity index (χ2n) is 4.55. The summed E-state index contributed by atoms with van der Waals surface area (Å²) in [6.45, 7) is 4.94. The normalized spacial score (nSPS) is 35.7. The maximum absolute atomic E-state index is 5.94. The van der Waals surface area contributed by atoms with Gasteiger partial charge in [-0.1, -0.05) is 11.6 Å². The van der Waals surface area contributed by atoms with E-state index in [-0.39, 0.29) is 12.2 Å². The van der Waals surface area contributed by atoms with Gasteiger partial charge >= 0.3 is 0 Å². The Morgan fingerprint density at radius 3 is 2.62 bits per heavy atom. The van der Waals surface area contributed by atoms with Crippen LogP contribution in [0.4, 0.5) is 0 Å². The summed E-state index contributed by atoms with van der Waals surface area (Å²) in [6, 6.07) is 0.400. The largest absolute Gasteiger partial charge is 0.396 e. The molecule has 2 heterocycles. The lowest BCUT2D eigenvalue weighted by Gasteiger charge is -2.38. The zero-order valence-electron chi connectivity index (χ0n) is 9.69. The van der Waals surface area contributed by atoms with Crippen LogP contribution in [0.1, 0.15) is 26.7 Å². The predicted octanol–water partition coefficient (Wildman–Crippen LogP) is 1.65. The average molecular weight is 244 g/mol. The second kappa shape index (κ2) is 4.63. The Bertz CT molecular complexity index is 319. The quantitative estimate of drug-likeness (QED) is 0.762. The van der Waals surface area contributed by atoms with E-state index in [4.69, 9.17) is 22.1 Å². The number of hydrazone groups is 1. The maximum Gasteiger partial charge on any atom is 0.171 e. The fourth-order valence-electron chi connectivity index (χ4n) is 2.33. The van der Waals surface area contributed by atoms with Crippen molar-refractivity contribution >= 4 is 16.8 Å². The Morgan fingerprint density at radius 1 is 1.44 bits per heavy atom. The molecule has 0 aromatic carbocycles.